The van der Waals surface area contributed by atoms with Gasteiger partial charge in [-0.25, -0.2) is 9.97 Å². The molecule has 2 heterocycles. The molecule has 0 saturated carbocycles. The monoisotopic (exact) mass is 291 g/mol. The summed E-state index contributed by atoms with van der Waals surface area (Å²) in [7, 11) is 1.75. The van der Waals surface area contributed by atoms with Crippen LogP contribution in [0, 0.1) is 6.92 Å². The van der Waals surface area contributed by atoms with Crippen molar-refractivity contribution in [3.8, 4) is 0 Å². The number of anilines is 1. The van der Waals surface area contributed by atoms with Gasteiger partial charge in [-0.05, 0) is 6.92 Å². The second-order valence-electron chi connectivity index (χ2n) is 4.67. The highest BCUT2D eigenvalue weighted by Gasteiger charge is 2.11. The third kappa shape index (κ3) is 3.47. The molecule has 0 aliphatic rings. The molecule has 8 heteroatoms. The molecule has 2 aromatic rings. The summed E-state index contributed by atoms with van der Waals surface area (Å²) in [6.45, 7) is 2.76. The topological polar surface area (TPSA) is 93.2 Å². The number of carboxylic acids is 1. The second kappa shape index (κ2) is 6.21. The van der Waals surface area contributed by atoms with Crippen LogP contribution in [0.1, 0.15) is 5.82 Å². The Morgan fingerprint density at radius 1 is 1.29 bits per heavy atom. The Hall–Kier alpha value is -2.64. The maximum atomic E-state index is 12.2. The van der Waals surface area contributed by atoms with Crippen LogP contribution in [0.3, 0.4) is 0 Å². The summed E-state index contributed by atoms with van der Waals surface area (Å²) in [5.41, 5.74) is -0.412. The van der Waals surface area contributed by atoms with Crippen molar-refractivity contribution in [1.82, 2.24) is 19.1 Å². The minimum Gasteiger partial charge on any atom is -0.480 e. The average Bonchev–Trinajstić information content (AvgIpc) is 2.83. The molecular weight excluding hydrogens is 274 g/mol. The molecule has 0 aromatic carbocycles. The van der Waals surface area contributed by atoms with E-state index in [9.17, 15) is 9.59 Å². The van der Waals surface area contributed by atoms with E-state index in [1.807, 2.05) is 17.7 Å². The summed E-state index contributed by atoms with van der Waals surface area (Å²) >= 11 is 0. The summed E-state index contributed by atoms with van der Waals surface area (Å²) in [4.78, 5) is 32.7. The number of aliphatic carboxylic acids is 1. The van der Waals surface area contributed by atoms with Gasteiger partial charge in [-0.3, -0.25) is 14.2 Å². The van der Waals surface area contributed by atoms with Gasteiger partial charge in [0.05, 0.1) is 0 Å². The maximum Gasteiger partial charge on any atom is 0.323 e. The zero-order chi connectivity index (χ0) is 15.4. The van der Waals surface area contributed by atoms with Crippen LogP contribution in [-0.4, -0.2) is 43.8 Å². The number of carbonyl (C=O) groups is 1. The molecule has 0 bridgehead atoms. The number of carboxylic acid groups (broad SMARTS) is 1. The van der Waals surface area contributed by atoms with Gasteiger partial charge < -0.3 is 14.6 Å². The van der Waals surface area contributed by atoms with Crippen molar-refractivity contribution in [3.05, 3.63) is 41.0 Å². The zero-order valence-electron chi connectivity index (χ0n) is 11.9. The predicted octanol–water partition coefficient (Wildman–Crippen LogP) is -0.0308. The average molecular weight is 291 g/mol. The fourth-order valence-electron chi connectivity index (χ4n) is 1.97. The van der Waals surface area contributed by atoms with E-state index in [1.54, 1.807) is 18.1 Å². The quantitative estimate of drug-likeness (QED) is 0.803. The number of aromatic nitrogens is 4. The van der Waals surface area contributed by atoms with Crippen LogP contribution in [0.5, 0.6) is 0 Å². The van der Waals surface area contributed by atoms with E-state index >= 15 is 0 Å². The van der Waals surface area contributed by atoms with Gasteiger partial charge in [0, 0.05) is 44.9 Å². The van der Waals surface area contributed by atoms with Crippen molar-refractivity contribution < 1.29 is 9.90 Å². The Bertz CT molecular complexity index is 691. The van der Waals surface area contributed by atoms with Gasteiger partial charge in [0.25, 0.3) is 5.56 Å². The van der Waals surface area contributed by atoms with Gasteiger partial charge in [0.2, 0.25) is 0 Å². The summed E-state index contributed by atoms with van der Waals surface area (Å²) in [6.07, 6.45) is 6.38. The van der Waals surface area contributed by atoms with E-state index in [0.29, 0.717) is 13.1 Å². The lowest BCUT2D eigenvalue weighted by molar-refractivity contribution is -0.137. The highest BCUT2D eigenvalue weighted by molar-refractivity contribution is 5.66. The minimum absolute atomic E-state index is 0.233. The first-order valence-corrected chi connectivity index (χ1v) is 6.45. The van der Waals surface area contributed by atoms with Gasteiger partial charge in [0.1, 0.15) is 12.4 Å². The number of rotatable bonds is 6. The van der Waals surface area contributed by atoms with E-state index in [0.717, 1.165) is 10.4 Å². The summed E-state index contributed by atoms with van der Waals surface area (Å²) in [5.74, 6) is 0.0650. The number of imidazole rings is 1. The number of nitrogens with zero attached hydrogens (tertiary/aromatic N) is 5. The molecule has 0 saturated heterocycles. The van der Waals surface area contributed by atoms with Gasteiger partial charge in [-0.1, -0.05) is 0 Å². The van der Waals surface area contributed by atoms with Crippen molar-refractivity contribution in [2.75, 3.05) is 18.5 Å². The first-order valence-electron chi connectivity index (χ1n) is 6.45. The summed E-state index contributed by atoms with van der Waals surface area (Å²) in [5, 5.41) is 8.78. The Morgan fingerprint density at radius 3 is 2.57 bits per heavy atom. The van der Waals surface area contributed by atoms with E-state index in [1.165, 1.54) is 12.4 Å². The highest BCUT2D eigenvalue weighted by Crippen LogP contribution is 2.02. The van der Waals surface area contributed by atoms with Crippen LogP contribution in [0.25, 0.3) is 0 Å². The molecule has 2 rings (SSSR count). The van der Waals surface area contributed by atoms with Gasteiger partial charge >= 0.3 is 5.97 Å². The molecule has 0 spiro atoms. The Balaban J connectivity index is 2.12. The first-order chi connectivity index (χ1) is 9.99. The molecule has 2 aromatic heterocycles. The van der Waals surface area contributed by atoms with Gasteiger partial charge in [-0.2, -0.15) is 0 Å². The normalized spacial score (nSPS) is 10.6. The number of hydrogen-bond acceptors (Lipinski definition) is 5. The Morgan fingerprint density at radius 2 is 1.95 bits per heavy atom. The highest BCUT2D eigenvalue weighted by atomic mass is 16.4. The second-order valence-corrected chi connectivity index (χ2v) is 4.67. The third-order valence-electron chi connectivity index (χ3n) is 3.16. The fourth-order valence-corrected chi connectivity index (χ4v) is 1.97. The smallest absolute Gasteiger partial charge is 0.323 e. The number of aryl methyl sites for hydroxylation is 1. The van der Waals surface area contributed by atoms with Crippen molar-refractivity contribution in [3.63, 3.8) is 0 Å². The fraction of sp³-hybridized carbons (Fsp3) is 0.385. The van der Waals surface area contributed by atoms with Crippen molar-refractivity contribution in [2.24, 2.45) is 0 Å². The Labute approximate surface area is 121 Å². The molecule has 0 fully saturated rings. The minimum atomic E-state index is -1.06. The lowest BCUT2D eigenvalue weighted by atomic mass is 10.4. The van der Waals surface area contributed by atoms with Crippen LogP contribution in [0.2, 0.25) is 0 Å². The molecule has 1 N–H and O–H groups in total. The summed E-state index contributed by atoms with van der Waals surface area (Å²) in [6, 6.07) is 0. The largest absolute Gasteiger partial charge is 0.480 e. The molecule has 0 radical (unpaired) electrons. The number of likely N-dealkylation sites (N-methyl/N-ethyl adjacent to an activating group) is 1. The molecule has 0 unspecified atom stereocenters. The zero-order valence-corrected chi connectivity index (χ0v) is 11.9. The van der Waals surface area contributed by atoms with E-state index in [2.05, 4.69) is 9.97 Å². The molecular formula is C13H17N5O3. The van der Waals surface area contributed by atoms with Crippen molar-refractivity contribution in [1.29, 1.82) is 0 Å². The van der Waals surface area contributed by atoms with Gasteiger partial charge in [-0.15, -0.1) is 0 Å². The first kappa shape index (κ1) is 14.8. The van der Waals surface area contributed by atoms with Crippen molar-refractivity contribution in [2.45, 2.75) is 20.0 Å². The molecule has 8 nitrogen and oxygen atoms in total. The van der Waals surface area contributed by atoms with Crippen LogP contribution < -0.4 is 10.5 Å². The van der Waals surface area contributed by atoms with Crippen LogP contribution in [-0.2, 0) is 17.9 Å². The van der Waals surface area contributed by atoms with Crippen LogP contribution >= 0.6 is 0 Å². The SMILES string of the molecule is Cc1nccn1CCN(C)c1nccn(CC(=O)O)c1=O. The van der Waals surface area contributed by atoms with Crippen LogP contribution in [0.15, 0.2) is 29.6 Å². The lowest BCUT2D eigenvalue weighted by Gasteiger charge is -2.18. The van der Waals surface area contributed by atoms with E-state index in [-0.39, 0.29) is 12.4 Å². The van der Waals surface area contributed by atoms with E-state index in [4.69, 9.17) is 5.11 Å². The molecule has 0 aliphatic carbocycles. The molecule has 112 valence electrons. The van der Waals surface area contributed by atoms with Crippen LogP contribution in [0.4, 0.5) is 5.82 Å². The van der Waals surface area contributed by atoms with Gasteiger partial charge in [0.15, 0.2) is 5.82 Å². The lowest BCUT2D eigenvalue weighted by Crippen LogP contribution is -2.33. The molecule has 0 aliphatic heterocycles. The Kier molecular flexibility index (Phi) is 4.36. The third-order valence-corrected chi connectivity index (χ3v) is 3.16. The predicted molar refractivity (Wildman–Crippen MR) is 76.4 cm³/mol. The standard InChI is InChI=1S/C13H17N5O3/c1-10-14-3-5-17(10)8-7-16(2)12-13(21)18(6-4-15-12)9-11(19)20/h3-6H,7-9H2,1-2H3,(H,19,20). The van der Waals surface area contributed by atoms with E-state index < -0.39 is 11.5 Å². The maximum absolute atomic E-state index is 12.2. The molecule has 21 heavy (non-hydrogen) atoms. The number of hydrogen-bond donors (Lipinski definition) is 1. The molecule has 0 amide bonds. The van der Waals surface area contributed by atoms with Crippen molar-refractivity contribution >= 4 is 11.8 Å². The molecule has 0 atom stereocenters. The summed E-state index contributed by atoms with van der Waals surface area (Å²) < 4.78 is 3.10.